The van der Waals surface area contributed by atoms with Crippen LogP contribution in [0.25, 0.3) is 0 Å². The van der Waals surface area contributed by atoms with Crippen LogP contribution in [0.1, 0.15) is 38.7 Å². The lowest BCUT2D eigenvalue weighted by molar-refractivity contribution is -0.141. The average molecular weight is 293 g/mol. The van der Waals surface area contributed by atoms with Gasteiger partial charge in [0.25, 0.3) is 0 Å². The fourth-order valence-corrected chi connectivity index (χ4v) is 2.48. The van der Waals surface area contributed by atoms with E-state index in [0.717, 1.165) is 25.0 Å². The highest BCUT2D eigenvalue weighted by Crippen LogP contribution is 2.19. The third-order valence-electron chi connectivity index (χ3n) is 3.72. The Balaban J connectivity index is 2.30. The van der Waals surface area contributed by atoms with Crippen LogP contribution in [-0.2, 0) is 11.2 Å². The van der Waals surface area contributed by atoms with Gasteiger partial charge in [-0.05, 0) is 49.8 Å². The van der Waals surface area contributed by atoms with E-state index in [9.17, 15) is 4.79 Å². The molecule has 2 atom stereocenters. The standard InChI is InChI=1S/C17H27NO3/c1-3-21-16-9-7-14(8-10-16)6-4-5-13(2)11-15(12-18)17(19)20/h7-10,13,15H,3-6,11-12,18H2,1-2H3,(H,19,20). The third-order valence-corrected chi connectivity index (χ3v) is 3.72. The summed E-state index contributed by atoms with van der Waals surface area (Å²) in [5.74, 6) is 0.0977. The highest BCUT2D eigenvalue weighted by Gasteiger charge is 2.18. The van der Waals surface area contributed by atoms with Gasteiger partial charge in [0.2, 0.25) is 0 Å². The molecule has 0 spiro atoms. The number of rotatable bonds is 10. The first-order valence-corrected chi connectivity index (χ1v) is 7.71. The molecule has 0 aliphatic carbocycles. The normalized spacial score (nSPS) is 13.7. The Morgan fingerprint density at radius 3 is 2.52 bits per heavy atom. The molecule has 0 fully saturated rings. The summed E-state index contributed by atoms with van der Waals surface area (Å²) < 4.78 is 5.41. The molecular weight excluding hydrogens is 266 g/mol. The van der Waals surface area contributed by atoms with Crippen LogP contribution in [-0.4, -0.2) is 24.2 Å². The van der Waals surface area contributed by atoms with Crippen LogP contribution < -0.4 is 10.5 Å². The minimum Gasteiger partial charge on any atom is -0.494 e. The number of nitrogens with two attached hydrogens (primary N) is 1. The number of carboxylic acid groups (broad SMARTS) is 1. The van der Waals surface area contributed by atoms with Crippen LogP contribution in [0.5, 0.6) is 5.75 Å². The van der Waals surface area contributed by atoms with E-state index in [2.05, 4.69) is 19.1 Å². The Kier molecular flexibility index (Phi) is 7.83. The summed E-state index contributed by atoms with van der Waals surface area (Å²) in [5.41, 5.74) is 6.78. The first kappa shape index (κ1) is 17.5. The van der Waals surface area contributed by atoms with Crippen molar-refractivity contribution in [2.75, 3.05) is 13.2 Å². The first-order chi connectivity index (χ1) is 10.1. The van der Waals surface area contributed by atoms with Crippen molar-refractivity contribution in [3.8, 4) is 5.75 Å². The van der Waals surface area contributed by atoms with Crippen molar-refractivity contribution in [2.24, 2.45) is 17.6 Å². The predicted octanol–water partition coefficient (Wildman–Crippen LogP) is 3.09. The van der Waals surface area contributed by atoms with Crippen LogP contribution in [0.3, 0.4) is 0 Å². The third kappa shape index (κ3) is 6.63. The molecule has 0 saturated carbocycles. The van der Waals surface area contributed by atoms with E-state index in [4.69, 9.17) is 15.6 Å². The molecule has 0 amide bonds. The van der Waals surface area contributed by atoms with Gasteiger partial charge in [-0.3, -0.25) is 4.79 Å². The molecule has 0 radical (unpaired) electrons. The van der Waals surface area contributed by atoms with Crippen molar-refractivity contribution in [3.63, 3.8) is 0 Å². The Labute approximate surface area is 127 Å². The van der Waals surface area contributed by atoms with Gasteiger partial charge < -0.3 is 15.6 Å². The first-order valence-electron chi connectivity index (χ1n) is 7.71. The number of hydrogen-bond donors (Lipinski definition) is 2. The molecule has 1 aromatic rings. The minimum absolute atomic E-state index is 0.221. The van der Waals surface area contributed by atoms with Gasteiger partial charge >= 0.3 is 5.97 Å². The molecule has 21 heavy (non-hydrogen) atoms. The smallest absolute Gasteiger partial charge is 0.307 e. The van der Waals surface area contributed by atoms with Crippen LogP contribution in [0.2, 0.25) is 0 Å². The molecule has 0 aliphatic heterocycles. The maximum absolute atomic E-state index is 11.0. The van der Waals surface area contributed by atoms with Crippen molar-refractivity contribution in [1.82, 2.24) is 0 Å². The van der Waals surface area contributed by atoms with Gasteiger partial charge in [0.1, 0.15) is 5.75 Å². The topological polar surface area (TPSA) is 72.5 Å². The molecule has 4 nitrogen and oxygen atoms in total. The number of carboxylic acids is 1. The van der Waals surface area contributed by atoms with Gasteiger partial charge in [0.05, 0.1) is 12.5 Å². The van der Waals surface area contributed by atoms with Gasteiger partial charge in [0, 0.05) is 6.54 Å². The van der Waals surface area contributed by atoms with Gasteiger partial charge in [-0.2, -0.15) is 0 Å². The van der Waals surface area contributed by atoms with Crippen molar-refractivity contribution in [3.05, 3.63) is 29.8 Å². The predicted molar refractivity (Wildman–Crippen MR) is 84.5 cm³/mol. The summed E-state index contributed by atoms with van der Waals surface area (Å²) in [5, 5.41) is 9.00. The number of carbonyl (C=O) groups is 1. The van der Waals surface area contributed by atoms with Crippen molar-refractivity contribution < 1.29 is 14.6 Å². The second kappa shape index (κ2) is 9.40. The van der Waals surface area contributed by atoms with Crippen LogP contribution in [0, 0.1) is 11.8 Å². The fraction of sp³-hybridized carbons (Fsp3) is 0.588. The van der Waals surface area contributed by atoms with Crippen molar-refractivity contribution in [1.29, 1.82) is 0 Å². The van der Waals surface area contributed by atoms with Gasteiger partial charge in [-0.25, -0.2) is 0 Å². The van der Waals surface area contributed by atoms with Crippen LogP contribution >= 0.6 is 0 Å². The number of aliphatic carboxylic acids is 1. The summed E-state index contributed by atoms with van der Waals surface area (Å²) in [6, 6.07) is 8.18. The molecule has 0 bridgehead atoms. The van der Waals surface area contributed by atoms with E-state index in [1.807, 2.05) is 19.1 Å². The van der Waals surface area contributed by atoms with E-state index in [0.29, 0.717) is 18.9 Å². The lowest BCUT2D eigenvalue weighted by Crippen LogP contribution is -2.25. The van der Waals surface area contributed by atoms with Crippen LogP contribution in [0.4, 0.5) is 0 Å². The van der Waals surface area contributed by atoms with E-state index >= 15 is 0 Å². The van der Waals surface area contributed by atoms with E-state index < -0.39 is 11.9 Å². The molecule has 4 heteroatoms. The molecule has 118 valence electrons. The number of hydrogen-bond acceptors (Lipinski definition) is 3. The number of benzene rings is 1. The summed E-state index contributed by atoms with van der Waals surface area (Å²) in [4.78, 5) is 11.0. The second-order valence-corrected chi connectivity index (χ2v) is 5.58. The zero-order valence-electron chi connectivity index (χ0n) is 13.0. The maximum atomic E-state index is 11.0. The quantitative estimate of drug-likeness (QED) is 0.695. The fourth-order valence-electron chi connectivity index (χ4n) is 2.48. The Morgan fingerprint density at radius 1 is 1.33 bits per heavy atom. The molecule has 0 aromatic heterocycles. The highest BCUT2D eigenvalue weighted by molar-refractivity contribution is 5.70. The summed E-state index contributed by atoms with van der Waals surface area (Å²) in [6.45, 7) is 4.98. The molecule has 1 rings (SSSR count). The SMILES string of the molecule is CCOc1ccc(CCCC(C)CC(CN)C(=O)O)cc1. The molecule has 2 unspecified atom stereocenters. The number of aryl methyl sites for hydroxylation is 1. The van der Waals surface area contributed by atoms with Crippen molar-refractivity contribution >= 4 is 5.97 Å². The summed E-state index contributed by atoms with van der Waals surface area (Å²) in [7, 11) is 0. The van der Waals surface area contributed by atoms with E-state index in [-0.39, 0.29) is 6.54 Å². The maximum Gasteiger partial charge on any atom is 0.307 e. The highest BCUT2D eigenvalue weighted by atomic mass is 16.5. The largest absolute Gasteiger partial charge is 0.494 e. The molecule has 0 heterocycles. The molecular formula is C17H27NO3. The number of ether oxygens (including phenoxy) is 1. The Bertz CT molecular complexity index is 417. The zero-order chi connectivity index (χ0) is 15.7. The van der Waals surface area contributed by atoms with E-state index in [1.165, 1.54) is 5.56 Å². The molecule has 0 aliphatic rings. The molecule has 0 saturated heterocycles. The lowest BCUT2D eigenvalue weighted by Gasteiger charge is -2.16. The Hall–Kier alpha value is -1.55. The van der Waals surface area contributed by atoms with Gasteiger partial charge in [-0.1, -0.05) is 25.5 Å². The summed E-state index contributed by atoms with van der Waals surface area (Å²) in [6.07, 6.45) is 3.76. The van der Waals surface area contributed by atoms with Gasteiger partial charge in [-0.15, -0.1) is 0 Å². The zero-order valence-corrected chi connectivity index (χ0v) is 13.0. The molecule has 1 aromatic carbocycles. The van der Waals surface area contributed by atoms with E-state index in [1.54, 1.807) is 0 Å². The molecule has 3 N–H and O–H groups in total. The van der Waals surface area contributed by atoms with Gasteiger partial charge in [0.15, 0.2) is 0 Å². The monoisotopic (exact) mass is 293 g/mol. The minimum atomic E-state index is -0.782. The second-order valence-electron chi connectivity index (χ2n) is 5.58. The Morgan fingerprint density at radius 2 is 2.00 bits per heavy atom. The average Bonchev–Trinajstić information content (AvgIpc) is 2.46. The van der Waals surface area contributed by atoms with Crippen molar-refractivity contribution in [2.45, 2.75) is 39.5 Å². The lowest BCUT2D eigenvalue weighted by atomic mass is 9.91. The summed E-state index contributed by atoms with van der Waals surface area (Å²) >= 11 is 0. The van der Waals surface area contributed by atoms with Crippen LogP contribution in [0.15, 0.2) is 24.3 Å².